The Morgan fingerprint density at radius 2 is 1.94 bits per heavy atom. The van der Waals surface area contributed by atoms with E-state index in [1.165, 1.54) is 16.7 Å². The molecule has 1 aromatic rings. The Balaban J connectivity index is 2.34. The predicted molar refractivity (Wildman–Crippen MR) is 69.7 cm³/mol. The minimum absolute atomic E-state index is 0.926. The molecule has 0 bridgehead atoms. The van der Waals surface area contributed by atoms with Crippen molar-refractivity contribution in [3.63, 3.8) is 0 Å². The van der Waals surface area contributed by atoms with Crippen molar-refractivity contribution in [2.45, 2.75) is 19.8 Å². The zero-order chi connectivity index (χ0) is 11.4. The molecule has 0 amide bonds. The maximum atomic E-state index is 6.20. The van der Waals surface area contributed by atoms with Gasteiger partial charge in [0.25, 0.3) is 0 Å². The zero-order valence-electron chi connectivity index (χ0n) is 9.61. The van der Waals surface area contributed by atoms with Crippen LogP contribution in [0.4, 0.5) is 0 Å². The van der Waals surface area contributed by atoms with Gasteiger partial charge in [0.05, 0.1) is 0 Å². The molecule has 0 saturated carbocycles. The molecule has 1 aliphatic rings. The average molecular weight is 211 g/mol. The van der Waals surface area contributed by atoms with Gasteiger partial charge in [-0.3, -0.25) is 0 Å². The van der Waals surface area contributed by atoms with Crippen molar-refractivity contribution < 1.29 is 0 Å². The Hall–Kier alpha value is -1.76. The van der Waals surface area contributed by atoms with Crippen LogP contribution >= 0.6 is 0 Å². The lowest BCUT2D eigenvalue weighted by atomic mass is 9.96. The molecule has 0 atom stereocenters. The van der Waals surface area contributed by atoms with Gasteiger partial charge in [-0.2, -0.15) is 0 Å². The van der Waals surface area contributed by atoms with Crippen molar-refractivity contribution in [3.05, 3.63) is 65.4 Å². The standard InChI is InChI=1S/C15H17N/c1-12(13-8-4-2-5-9-13)15(16)14-10-6-3-7-11-14/h2-6,8-10H,7,11,16H2,1H3/b15-12-. The first-order valence-corrected chi connectivity index (χ1v) is 5.67. The van der Waals surface area contributed by atoms with Crippen LogP contribution in [0.1, 0.15) is 25.3 Å². The smallest absolute Gasteiger partial charge is 0.0382 e. The Labute approximate surface area is 97.0 Å². The SMILES string of the molecule is C/C(=C(/N)C1=CC=CCC1)c1ccccc1. The highest BCUT2D eigenvalue weighted by atomic mass is 14.6. The number of allylic oxidation sites excluding steroid dienone is 5. The molecular weight excluding hydrogens is 194 g/mol. The van der Waals surface area contributed by atoms with Gasteiger partial charge in [0.1, 0.15) is 0 Å². The number of benzene rings is 1. The summed E-state index contributed by atoms with van der Waals surface area (Å²) < 4.78 is 0. The summed E-state index contributed by atoms with van der Waals surface area (Å²) in [5.41, 5.74) is 10.8. The average Bonchev–Trinajstić information content (AvgIpc) is 2.39. The maximum absolute atomic E-state index is 6.20. The van der Waals surface area contributed by atoms with E-state index in [0.717, 1.165) is 18.5 Å². The molecule has 0 aliphatic heterocycles. The summed E-state index contributed by atoms with van der Waals surface area (Å²) in [6.45, 7) is 2.09. The number of rotatable bonds is 2. The summed E-state index contributed by atoms with van der Waals surface area (Å²) in [7, 11) is 0. The molecule has 2 N–H and O–H groups in total. The first kappa shape index (κ1) is 10.7. The molecule has 1 aliphatic carbocycles. The lowest BCUT2D eigenvalue weighted by Gasteiger charge is -2.13. The molecule has 82 valence electrons. The van der Waals surface area contributed by atoms with Gasteiger partial charge in [-0.05, 0) is 36.5 Å². The third-order valence-corrected chi connectivity index (χ3v) is 2.97. The molecule has 2 rings (SSSR count). The van der Waals surface area contributed by atoms with Gasteiger partial charge < -0.3 is 5.73 Å². The molecule has 0 heterocycles. The van der Waals surface area contributed by atoms with Crippen LogP contribution in [0.5, 0.6) is 0 Å². The molecule has 1 nitrogen and oxygen atoms in total. The second kappa shape index (κ2) is 4.84. The zero-order valence-corrected chi connectivity index (χ0v) is 9.61. The fourth-order valence-corrected chi connectivity index (χ4v) is 1.91. The second-order valence-electron chi connectivity index (χ2n) is 4.06. The third kappa shape index (κ3) is 2.25. The van der Waals surface area contributed by atoms with Crippen LogP contribution in [0.25, 0.3) is 5.57 Å². The lowest BCUT2D eigenvalue weighted by Crippen LogP contribution is -2.05. The molecule has 1 aromatic carbocycles. The fraction of sp³-hybridized carbons (Fsp3) is 0.200. The highest BCUT2D eigenvalue weighted by Gasteiger charge is 2.07. The Morgan fingerprint density at radius 3 is 2.56 bits per heavy atom. The Morgan fingerprint density at radius 1 is 1.19 bits per heavy atom. The van der Waals surface area contributed by atoms with Gasteiger partial charge in [-0.1, -0.05) is 48.6 Å². The van der Waals surface area contributed by atoms with E-state index >= 15 is 0 Å². The summed E-state index contributed by atoms with van der Waals surface area (Å²) in [5.74, 6) is 0. The lowest BCUT2D eigenvalue weighted by molar-refractivity contribution is 0.962. The van der Waals surface area contributed by atoms with Crippen molar-refractivity contribution >= 4 is 5.57 Å². The van der Waals surface area contributed by atoms with Crippen molar-refractivity contribution in [1.29, 1.82) is 0 Å². The van der Waals surface area contributed by atoms with E-state index in [1.54, 1.807) is 0 Å². The maximum Gasteiger partial charge on any atom is 0.0382 e. The highest BCUT2D eigenvalue weighted by Crippen LogP contribution is 2.24. The van der Waals surface area contributed by atoms with E-state index in [2.05, 4.69) is 37.3 Å². The van der Waals surface area contributed by atoms with Crippen LogP contribution in [-0.4, -0.2) is 0 Å². The monoisotopic (exact) mass is 211 g/mol. The molecule has 0 radical (unpaired) electrons. The minimum atomic E-state index is 0.926. The van der Waals surface area contributed by atoms with Crippen LogP contribution in [0.3, 0.4) is 0 Å². The fourth-order valence-electron chi connectivity index (χ4n) is 1.91. The third-order valence-electron chi connectivity index (χ3n) is 2.97. The molecule has 0 unspecified atom stereocenters. The van der Waals surface area contributed by atoms with E-state index in [-0.39, 0.29) is 0 Å². The van der Waals surface area contributed by atoms with E-state index in [0.29, 0.717) is 0 Å². The van der Waals surface area contributed by atoms with Crippen molar-refractivity contribution in [1.82, 2.24) is 0 Å². The summed E-state index contributed by atoms with van der Waals surface area (Å²) >= 11 is 0. The molecule has 1 heteroatoms. The van der Waals surface area contributed by atoms with Crippen molar-refractivity contribution in [2.24, 2.45) is 5.73 Å². The van der Waals surface area contributed by atoms with Gasteiger partial charge in [0, 0.05) is 5.70 Å². The van der Waals surface area contributed by atoms with Gasteiger partial charge in [0.2, 0.25) is 0 Å². The Bertz CT molecular complexity index is 450. The summed E-state index contributed by atoms with van der Waals surface area (Å²) in [6, 6.07) is 10.3. The second-order valence-corrected chi connectivity index (χ2v) is 4.06. The van der Waals surface area contributed by atoms with E-state index in [9.17, 15) is 0 Å². The minimum Gasteiger partial charge on any atom is -0.398 e. The molecular formula is C15H17N. The highest BCUT2D eigenvalue weighted by molar-refractivity contribution is 5.70. The van der Waals surface area contributed by atoms with Crippen LogP contribution in [0, 0.1) is 0 Å². The molecule has 0 fully saturated rings. The normalized spacial score (nSPS) is 16.7. The van der Waals surface area contributed by atoms with Crippen LogP contribution in [0.15, 0.2) is 59.8 Å². The van der Waals surface area contributed by atoms with Crippen LogP contribution in [-0.2, 0) is 0 Å². The van der Waals surface area contributed by atoms with Gasteiger partial charge in [-0.15, -0.1) is 0 Å². The molecule has 0 spiro atoms. The first-order chi connectivity index (χ1) is 7.79. The number of nitrogens with two attached hydrogens (primary N) is 1. The van der Waals surface area contributed by atoms with Gasteiger partial charge in [0.15, 0.2) is 0 Å². The topological polar surface area (TPSA) is 26.0 Å². The van der Waals surface area contributed by atoms with E-state index in [1.807, 2.05) is 18.2 Å². The predicted octanol–water partition coefficient (Wildman–Crippen LogP) is 3.65. The van der Waals surface area contributed by atoms with Crippen LogP contribution < -0.4 is 5.73 Å². The first-order valence-electron chi connectivity index (χ1n) is 5.67. The largest absolute Gasteiger partial charge is 0.398 e. The Kier molecular flexibility index (Phi) is 3.25. The van der Waals surface area contributed by atoms with Gasteiger partial charge >= 0.3 is 0 Å². The number of hydrogen-bond acceptors (Lipinski definition) is 1. The number of hydrogen-bond donors (Lipinski definition) is 1. The molecule has 0 aromatic heterocycles. The van der Waals surface area contributed by atoms with E-state index in [4.69, 9.17) is 5.73 Å². The van der Waals surface area contributed by atoms with Crippen LogP contribution in [0.2, 0.25) is 0 Å². The quantitative estimate of drug-likeness (QED) is 0.794. The van der Waals surface area contributed by atoms with Gasteiger partial charge in [-0.25, -0.2) is 0 Å². The van der Waals surface area contributed by atoms with E-state index < -0.39 is 0 Å². The summed E-state index contributed by atoms with van der Waals surface area (Å²) in [6.07, 6.45) is 8.52. The molecule has 16 heavy (non-hydrogen) atoms. The summed E-state index contributed by atoms with van der Waals surface area (Å²) in [5, 5.41) is 0. The van der Waals surface area contributed by atoms with Crippen molar-refractivity contribution in [2.75, 3.05) is 0 Å². The summed E-state index contributed by atoms with van der Waals surface area (Å²) in [4.78, 5) is 0. The molecule has 0 saturated heterocycles. The van der Waals surface area contributed by atoms with Crippen molar-refractivity contribution in [3.8, 4) is 0 Å².